The second-order valence-corrected chi connectivity index (χ2v) is 6.05. The number of fused-ring (bicyclic) bond motifs is 1. The highest BCUT2D eigenvalue weighted by molar-refractivity contribution is 7.77. The Morgan fingerprint density at radius 2 is 1.88 bits per heavy atom. The van der Waals surface area contributed by atoms with Crippen molar-refractivity contribution in [2.75, 3.05) is 7.05 Å². The number of hydrogen-bond acceptors (Lipinski definition) is 3. The van der Waals surface area contributed by atoms with E-state index in [1.807, 2.05) is 35.0 Å². The van der Waals surface area contributed by atoms with E-state index >= 15 is 0 Å². The number of halogens is 4. The Labute approximate surface area is 148 Å². The van der Waals surface area contributed by atoms with Crippen LogP contribution in [0.5, 0.6) is 0 Å². The number of benzene rings is 1. The molecule has 1 atom stereocenters. The van der Waals surface area contributed by atoms with Crippen molar-refractivity contribution in [3.8, 4) is 0 Å². The van der Waals surface area contributed by atoms with Gasteiger partial charge in [0.2, 0.25) is 0 Å². The normalized spacial score (nSPS) is 12.8. The molecule has 1 unspecified atom stereocenters. The van der Waals surface area contributed by atoms with E-state index in [1.54, 1.807) is 6.20 Å². The van der Waals surface area contributed by atoms with Crippen LogP contribution in [-0.4, -0.2) is 26.9 Å². The second-order valence-electron chi connectivity index (χ2n) is 5.42. The van der Waals surface area contributed by atoms with Gasteiger partial charge in [0.1, 0.15) is 17.5 Å². The fraction of sp³-hybridized carbons (Fsp3) is 0.235. The maximum atomic E-state index is 13.2. The molecule has 1 aromatic carbocycles. The molecule has 3 nitrogen and oxygen atoms in total. The van der Waals surface area contributed by atoms with Crippen molar-refractivity contribution in [3.05, 3.63) is 71.9 Å². The van der Waals surface area contributed by atoms with Crippen molar-refractivity contribution in [2.45, 2.75) is 19.1 Å². The van der Waals surface area contributed by atoms with Gasteiger partial charge in [-0.2, -0.15) is 13.2 Å². The van der Waals surface area contributed by atoms with Crippen molar-refractivity contribution in [1.29, 1.82) is 0 Å². The van der Waals surface area contributed by atoms with Crippen LogP contribution in [0.4, 0.5) is 17.6 Å². The van der Waals surface area contributed by atoms with E-state index in [4.69, 9.17) is 0 Å². The van der Waals surface area contributed by atoms with E-state index in [2.05, 4.69) is 17.8 Å². The standard InChI is InChI=1S/C10H11F4NS.C7H6N2/c1-6-3-4-7(5-8(6)11)9(15(2)16)10(12,13)14;1-2-5-9-6-4-8-7(9)3-1/h3-5,9,16H,1-2H3;1-6H. The molecule has 25 heavy (non-hydrogen) atoms. The average Bonchev–Trinajstić information content (AvgIpc) is 2.98. The maximum Gasteiger partial charge on any atom is 0.408 e. The van der Waals surface area contributed by atoms with Gasteiger partial charge in [-0.3, -0.25) is 0 Å². The van der Waals surface area contributed by atoms with Gasteiger partial charge in [0.25, 0.3) is 0 Å². The van der Waals surface area contributed by atoms with E-state index in [0.29, 0.717) is 9.87 Å². The summed E-state index contributed by atoms with van der Waals surface area (Å²) in [4.78, 5) is 4.08. The number of pyridine rings is 1. The highest BCUT2D eigenvalue weighted by Crippen LogP contribution is 2.38. The number of rotatable bonds is 2. The Bertz CT molecular complexity index is 800. The zero-order chi connectivity index (χ0) is 18.6. The molecule has 3 aromatic rings. The lowest BCUT2D eigenvalue weighted by atomic mass is 10.0. The van der Waals surface area contributed by atoms with E-state index in [-0.39, 0.29) is 5.56 Å². The van der Waals surface area contributed by atoms with Gasteiger partial charge < -0.3 is 4.40 Å². The smallest absolute Gasteiger partial charge is 0.307 e. The average molecular weight is 371 g/mol. The lowest BCUT2D eigenvalue weighted by molar-refractivity contribution is -0.169. The first-order valence-corrected chi connectivity index (χ1v) is 7.72. The maximum absolute atomic E-state index is 13.2. The minimum Gasteiger partial charge on any atom is -0.307 e. The van der Waals surface area contributed by atoms with Gasteiger partial charge in [0.05, 0.1) is 0 Å². The third kappa shape index (κ3) is 4.96. The molecule has 0 radical (unpaired) electrons. The number of alkyl halides is 3. The van der Waals surface area contributed by atoms with Crippen LogP contribution in [0.25, 0.3) is 5.65 Å². The lowest BCUT2D eigenvalue weighted by Crippen LogP contribution is -2.30. The third-order valence-corrected chi connectivity index (χ3v) is 3.73. The topological polar surface area (TPSA) is 20.5 Å². The molecule has 3 rings (SSSR count). The first-order valence-electron chi connectivity index (χ1n) is 7.32. The predicted octanol–water partition coefficient (Wildman–Crippen LogP) is 4.85. The molecule has 134 valence electrons. The molecule has 0 saturated carbocycles. The molecule has 2 aromatic heterocycles. The van der Waals surface area contributed by atoms with Crippen LogP contribution in [0.15, 0.2) is 55.0 Å². The van der Waals surface area contributed by atoms with Crippen LogP contribution in [0.1, 0.15) is 17.2 Å². The molecule has 2 heterocycles. The zero-order valence-corrected chi connectivity index (χ0v) is 14.5. The quantitative estimate of drug-likeness (QED) is 0.513. The van der Waals surface area contributed by atoms with Crippen molar-refractivity contribution in [1.82, 2.24) is 13.7 Å². The molecule has 0 fully saturated rings. The second kappa shape index (κ2) is 7.88. The van der Waals surface area contributed by atoms with Gasteiger partial charge >= 0.3 is 6.18 Å². The van der Waals surface area contributed by atoms with Gasteiger partial charge in [-0.15, -0.1) is 0 Å². The summed E-state index contributed by atoms with van der Waals surface area (Å²) >= 11 is 3.65. The molecule has 0 saturated heterocycles. The predicted molar refractivity (Wildman–Crippen MR) is 91.9 cm³/mol. The van der Waals surface area contributed by atoms with Gasteiger partial charge in [0.15, 0.2) is 0 Å². The minimum absolute atomic E-state index is 0.159. The molecular formula is C17H17F4N3S. The van der Waals surface area contributed by atoms with Crippen molar-refractivity contribution < 1.29 is 17.6 Å². The molecule has 0 bridgehead atoms. The molecule has 0 aliphatic carbocycles. The SMILES string of the molecule is Cc1ccc(C(N(C)S)C(F)(F)F)cc1F.c1ccn2ccnc2c1. The van der Waals surface area contributed by atoms with E-state index in [9.17, 15) is 17.6 Å². The van der Waals surface area contributed by atoms with Crippen molar-refractivity contribution in [2.24, 2.45) is 0 Å². The number of aryl methyl sites for hydroxylation is 1. The Morgan fingerprint density at radius 3 is 2.44 bits per heavy atom. The lowest BCUT2D eigenvalue weighted by Gasteiger charge is -2.26. The summed E-state index contributed by atoms with van der Waals surface area (Å²) in [6.07, 6.45) is 1.20. The molecular weight excluding hydrogens is 354 g/mol. The van der Waals surface area contributed by atoms with Crippen LogP contribution in [0.3, 0.4) is 0 Å². The summed E-state index contributed by atoms with van der Waals surface area (Å²) in [6, 6.07) is 7.48. The minimum atomic E-state index is -4.49. The molecule has 0 spiro atoms. The third-order valence-electron chi connectivity index (χ3n) is 3.50. The zero-order valence-electron chi connectivity index (χ0n) is 13.6. The summed E-state index contributed by atoms with van der Waals surface area (Å²) in [6.45, 7) is 1.49. The van der Waals surface area contributed by atoms with Crippen molar-refractivity contribution in [3.63, 3.8) is 0 Å². The van der Waals surface area contributed by atoms with E-state index in [1.165, 1.54) is 26.1 Å². The molecule has 0 N–H and O–H groups in total. The highest BCUT2D eigenvalue weighted by Gasteiger charge is 2.43. The summed E-state index contributed by atoms with van der Waals surface area (Å²) < 4.78 is 53.9. The number of aromatic nitrogens is 2. The molecule has 0 aliphatic rings. The van der Waals surface area contributed by atoms with Gasteiger partial charge in [-0.25, -0.2) is 13.7 Å². The first kappa shape index (κ1) is 19.3. The monoisotopic (exact) mass is 371 g/mol. The highest BCUT2D eigenvalue weighted by atomic mass is 32.1. The number of thiol groups is 1. The summed E-state index contributed by atoms with van der Waals surface area (Å²) in [5, 5.41) is 0. The first-order chi connectivity index (χ1) is 11.7. The molecule has 8 heteroatoms. The fourth-order valence-corrected chi connectivity index (χ4v) is 2.52. The van der Waals surface area contributed by atoms with Gasteiger partial charge in [-0.05, 0) is 43.3 Å². The van der Waals surface area contributed by atoms with Gasteiger partial charge in [0, 0.05) is 18.6 Å². The Kier molecular flexibility index (Phi) is 6.07. The Balaban J connectivity index is 0.000000208. The van der Waals surface area contributed by atoms with Crippen LogP contribution in [-0.2, 0) is 0 Å². The Hall–Kier alpha value is -2.06. The van der Waals surface area contributed by atoms with Crippen LogP contribution < -0.4 is 0 Å². The van der Waals surface area contributed by atoms with E-state index in [0.717, 1.165) is 11.7 Å². The van der Waals surface area contributed by atoms with E-state index < -0.39 is 18.0 Å². The number of hydrogen-bond donors (Lipinski definition) is 1. The summed E-state index contributed by atoms with van der Waals surface area (Å²) in [5.74, 6) is -0.651. The largest absolute Gasteiger partial charge is 0.408 e. The van der Waals surface area contributed by atoms with Gasteiger partial charge in [-0.1, -0.05) is 31.0 Å². The van der Waals surface area contributed by atoms with Crippen molar-refractivity contribution >= 4 is 18.5 Å². The fourth-order valence-electron chi connectivity index (χ4n) is 2.26. The molecule has 0 amide bonds. The Morgan fingerprint density at radius 1 is 1.16 bits per heavy atom. The number of nitrogens with zero attached hydrogens (tertiary/aromatic N) is 3. The van der Waals surface area contributed by atoms with Crippen LogP contribution in [0, 0.1) is 12.7 Å². The number of imidazole rings is 1. The molecule has 0 aliphatic heterocycles. The van der Waals surface area contributed by atoms with Crippen LogP contribution in [0.2, 0.25) is 0 Å². The summed E-state index contributed by atoms with van der Waals surface area (Å²) in [7, 11) is 1.18. The van der Waals surface area contributed by atoms with Crippen LogP contribution >= 0.6 is 12.8 Å². The summed E-state index contributed by atoms with van der Waals surface area (Å²) in [5.41, 5.74) is 1.15.